The van der Waals surface area contributed by atoms with E-state index in [-0.39, 0.29) is 0 Å². The summed E-state index contributed by atoms with van der Waals surface area (Å²) in [6, 6.07) is 11.9. The monoisotopic (exact) mass is 329 g/mol. The molecule has 128 valence electrons. The quantitative estimate of drug-likeness (QED) is 0.853. The number of fused-ring (bicyclic) bond motifs is 1. The van der Waals surface area contributed by atoms with Gasteiger partial charge in [-0.3, -0.25) is 0 Å². The molecule has 24 heavy (non-hydrogen) atoms. The molecule has 0 fully saturated rings. The summed E-state index contributed by atoms with van der Waals surface area (Å²) in [6.45, 7) is 4.32. The highest BCUT2D eigenvalue weighted by atomic mass is 16.6. The van der Waals surface area contributed by atoms with Crippen molar-refractivity contribution in [2.45, 2.75) is 26.1 Å². The normalized spacial score (nSPS) is 14.3. The summed E-state index contributed by atoms with van der Waals surface area (Å²) in [5.41, 5.74) is 3.18. The molecule has 0 saturated heterocycles. The van der Waals surface area contributed by atoms with Crippen LogP contribution in [0.2, 0.25) is 0 Å². The molecule has 2 aromatic rings. The van der Waals surface area contributed by atoms with Crippen LogP contribution >= 0.6 is 0 Å². The van der Waals surface area contributed by atoms with Gasteiger partial charge in [0.05, 0.1) is 13.2 Å². The van der Waals surface area contributed by atoms with E-state index in [1.165, 1.54) is 5.56 Å². The van der Waals surface area contributed by atoms with E-state index in [4.69, 9.17) is 14.2 Å². The zero-order valence-corrected chi connectivity index (χ0v) is 14.0. The molecular formula is C19H23NO4. The molecule has 3 rings (SSSR count). The van der Waals surface area contributed by atoms with E-state index in [0.29, 0.717) is 31.3 Å². The summed E-state index contributed by atoms with van der Waals surface area (Å²) in [5.74, 6) is 2.12. The van der Waals surface area contributed by atoms with E-state index in [1.807, 2.05) is 36.4 Å². The molecule has 1 aliphatic rings. The summed E-state index contributed by atoms with van der Waals surface area (Å²) in [7, 11) is 1.63. The first kappa shape index (κ1) is 16.6. The summed E-state index contributed by atoms with van der Waals surface area (Å²) in [4.78, 5) is 0. The van der Waals surface area contributed by atoms with Crippen molar-refractivity contribution >= 4 is 0 Å². The third-order valence-electron chi connectivity index (χ3n) is 4.01. The third-order valence-corrected chi connectivity index (χ3v) is 4.01. The second kappa shape index (κ2) is 7.55. The van der Waals surface area contributed by atoms with Gasteiger partial charge in [0.15, 0.2) is 11.5 Å². The molecule has 5 heteroatoms. The molecule has 0 saturated carbocycles. The van der Waals surface area contributed by atoms with E-state index < -0.39 is 6.10 Å². The second-order valence-corrected chi connectivity index (χ2v) is 5.84. The van der Waals surface area contributed by atoms with Gasteiger partial charge >= 0.3 is 0 Å². The van der Waals surface area contributed by atoms with Gasteiger partial charge in [0, 0.05) is 13.1 Å². The van der Waals surface area contributed by atoms with Gasteiger partial charge in [0.2, 0.25) is 5.75 Å². The molecule has 2 N–H and O–H groups in total. The fourth-order valence-electron chi connectivity index (χ4n) is 2.69. The van der Waals surface area contributed by atoms with Crippen molar-refractivity contribution in [3.05, 3.63) is 53.1 Å². The lowest BCUT2D eigenvalue weighted by Crippen LogP contribution is -2.17. The van der Waals surface area contributed by atoms with Gasteiger partial charge in [-0.1, -0.05) is 24.3 Å². The van der Waals surface area contributed by atoms with Crippen molar-refractivity contribution in [1.82, 2.24) is 5.32 Å². The van der Waals surface area contributed by atoms with Crippen LogP contribution in [0.3, 0.4) is 0 Å². The molecule has 2 aromatic carbocycles. The smallest absolute Gasteiger partial charge is 0.203 e. The Hall–Kier alpha value is -2.24. The molecular weight excluding hydrogens is 306 g/mol. The Kier molecular flexibility index (Phi) is 5.23. The van der Waals surface area contributed by atoms with Crippen LogP contribution in [0.4, 0.5) is 0 Å². The van der Waals surface area contributed by atoms with Crippen molar-refractivity contribution in [3.63, 3.8) is 0 Å². The van der Waals surface area contributed by atoms with Gasteiger partial charge in [0.1, 0.15) is 13.2 Å². The Labute approximate surface area is 142 Å². The molecule has 0 bridgehead atoms. The first-order valence-electron chi connectivity index (χ1n) is 8.11. The summed E-state index contributed by atoms with van der Waals surface area (Å²) < 4.78 is 16.7. The van der Waals surface area contributed by atoms with Crippen LogP contribution in [0.25, 0.3) is 0 Å². The number of aliphatic hydroxyl groups excluding tert-OH is 1. The summed E-state index contributed by atoms with van der Waals surface area (Å²) in [6.07, 6.45) is -0.433. The van der Waals surface area contributed by atoms with Gasteiger partial charge in [-0.25, -0.2) is 0 Å². The molecule has 0 aliphatic carbocycles. The number of methoxy groups -OCH3 is 1. The topological polar surface area (TPSA) is 60.0 Å². The lowest BCUT2D eigenvalue weighted by Gasteiger charge is -2.21. The lowest BCUT2D eigenvalue weighted by atomic mass is 10.1. The van der Waals surface area contributed by atoms with Gasteiger partial charge in [-0.15, -0.1) is 0 Å². The van der Waals surface area contributed by atoms with Crippen LogP contribution in [0.15, 0.2) is 36.4 Å². The van der Waals surface area contributed by atoms with Crippen LogP contribution in [0, 0.1) is 0 Å². The van der Waals surface area contributed by atoms with Gasteiger partial charge in [0.25, 0.3) is 0 Å². The number of hydrogen-bond acceptors (Lipinski definition) is 5. The maximum absolute atomic E-state index is 9.54. The molecule has 0 unspecified atom stereocenters. The minimum Gasteiger partial charge on any atom is -0.493 e. The number of benzene rings is 2. The number of aliphatic hydroxyl groups is 1. The number of hydrogen-bond donors (Lipinski definition) is 2. The second-order valence-electron chi connectivity index (χ2n) is 5.84. The number of rotatable bonds is 6. The highest BCUT2D eigenvalue weighted by Crippen LogP contribution is 2.40. The first-order chi connectivity index (χ1) is 11.7. The van der Waals surface area contributed by atoms with Crippen molar-refractivity contribution in [2.24, 2.45) is 0 Å². The molecule has 0 spiro atoms. The third kappa shape index (κ3) is 3.80. The molecule has 0 radical (unpaired) electrons. The van der Waals surface area contributed by atoms with Crippen LogP contribution in [-0.4, -0.2) is 25.4 Å². The minimum atomic E-state index is -0.433. The standard InChI is InChI=1S/C19H23NO4/c1-13(21)16-5-3-14(4-6-16)11-20-12-15-9-17(22-2)19-18(10-15)23-7-8-24-19/h3-6,9-10,13,20-21H,7-8,11-12H2,1-2H3/t13-/m0/s1. The zero-order chi connectivity index (χ0) is 16.9. The minimum absolute atomic E-state index is 0.433. The van der Waals surface area contributed by atoms with Crippen molar-refractivity contribution < 1.29 is 19.3 Å². The SMILES string of the molecule is COc1cc(CNCc2ccc([C@H](C)O)cc2)cc2c1OCCO2. The zero-order valence-electron chi connectivity index (χ0n) is 14.0. The first-order valence-corrected chi connectivity index (χ1v) is 8.11. The van der Waals surface area contributed by atoms with E-state index in [0.717, 1.165) is 23.4 Å². The number of nitrogens with one attached hydrogen (secondary N) is 1. The maximum Gasteiger partial charge on any atom is 0.203 e. The highest BCUT2D eigenvalue weighted by Gasteiger charge is 2.18. The Morgan fingerprint density at radius 1 is 1.08 bits per heavy atom. The Bertz CT molecular complexity index is 665. The van der Waals surface area contributed by atoms with E-state index in [9.17, 15) is 5.11 Å². The maximum atomic E-state index is 9.54. The Balaban J connectivity index is 1.62. The highest BCUT2D eigenvalue weighted by molar-refractivity contribution is 5.54. The fourth-order valence-corrected chi connectivity index (χ4v) is 2.69. The lowest BCUT2D eigenvalue weighted by molar-refractivity contribution is 0.165. The average molecular weight is 329 g/mol. The predicted octanol–water partition coefficient (Wildman–Crippen LogP) is 2.81. The Morgan fingerprint density at radius 2 is 1.79 bits per heavy atom. The molecule has 0 aromatic heterocycles. The van der Waals surface area contributed by atoms with Crippen LogP contribution in [0.5, 0.6) is 17.2 Å². The molecule has 5 nitrogen and oxygen atoms in total. The van der Waals surface area contributed by atoms with Crippen LogP contribution < -0.4 is 19.5 Å². The number of ether oxygens (including phenoxy) is 3. The van der Waals surface area contributed by atoms with E-state index >= 15 is 0 Å². The van der Waals surface area contributed by atoms with Crippen LogP contribution in [0.1, 0.15) is 29.7 Å². The fraction of sp³-hybridized carbons (Fsp3) is 0.368. The van der Waals surface area contributed by atoms with Gasteiger partial charge in [-0.2, -0.15) is 0 Å². The van der Waals surface area contributed by atoms with Crippen molar-refractivity contribution in [2.75, 3.05) is 20.3 Å². The summed E-state index contributed by atoms with van der Waals surface area (Å²) >= 11 is 0. The molecule has 1 aliphatic heterocycles. The van der Waals surface area contributed by atoms with Gasteiger partial charge < -0.3 is 24.6 Å². The van der Waals surface area contributed by atoms with Crippen LogP contribution in [-0.2, 0) is 13.1 Å². The van der Waals surface area contributed by atoms with Gasteiger partial charge in [-0.05, 0) is 35.7 Å². The van der Waals surface area contributed by atoms with E-state index in [1.54, 1.807) is 14.0 Å². The molecule has 1 heterocycles. The summed E-state index contributed by atoms with van der Waals surface area (Å²) in [5, 5.41) is 12.9. The predicted molar refractivity (Wildman–Crippen MR) is 91.6 cm³/mol. The Morgan fingerprint density at radius 3 is 2.50 bits per heavy atom. The van der Waals surface area contributed by atoms with Crippen molar-refractivity contribution in [3.8, 4) is 17.2 Å². The molecule has 1 atom stereocenters. The van der Waals surface area contributed by atoms with E-state index in [2.05, 4.69) is 5.32 Å². The largest absolute Gasteiger partial charge is 0.493 e. The van der Waals surface area contributed by atoms with Crippen molar-refractivity contribution in [1.29, 1.82) is 0 Å². The molecule has 0 amide bonds. The average Bonchev–Trinajstić information content (AvgIpc) is 2.61.